The largest absolute Gasteiger partial charge is 0.241 e. The molecule has 1 aromatic rings. The van der Waals surface area contributed by atoms with E-state index >= 15 is 0 Å². The van der Waals surface area contributed by atoms with Gasteiger partial charge in [0.05, 0.1) is 4.90 Å². The van der Waals surface area contributed by atoms with Crippen LogP contribution in [0.1, 0.15) is 24.0 Å². The number of nitrogens with one attached hydrogen (secondary N) is 1. The van der Waals surface area contributed by atoms with Crippen molar-refractivity contribution in [1.82, 2.24) is 4.72 Å². The predicted octanol–water partition coefficient (Wildman–Crippen LogP) is 2.49. The molecule has 0 heterocycles. The lowest BCUT2D eigenvalue weighted by atomic mass is 9.94. The highest BCUT2D eigenvalue weighted by atomic mass is 35.5. The summed E-state index contributed by atoms with van der Waals surface area (Å²) in [6.07, 6.45) is 1.28. The molecule has 1 saturated carbocycles. The van der Waals surface area contributed by atoms with Gasteiger partial charge in [-0.25, -0.2) is 17.5 Å². The highest BCUT2D eigenvalue weighted by Crippen LogP contribution is 2.28. The summed E-state index contributed by atoms with van der Waals surface area (Å²) in [5.74, 6) is -0.423. The fourth-order valence-corrected chi connectivity index (χ4v) is 4.39. The van der Waals surface area contributed by atoms with Crippen LogP contribution in [0.2, 0.25) is 0 Å². The SMILES string of the molecule is Cc1cc(F)cc(C)c1S(=O)(=O)NC1CC(Cl)C1. The van der Waals surface area contributed by atoms with Crippen LogP contribution in [-0.4, -0.2) is 19.8 Å². The first kappa shape index (κ1) is 13.8. The van der Waals surface area contributed by atoms with Gasteiger partial charge in [-0.2, -0.15) is 0 Å². The average molecular weight is 292 g/mol. The van der Waals surface area contributed by atoms with Gasteiger partial charge in [-0.15, -0.1) is 11.6 Å². The van der Waals surface area contributed by atoms with Crippen LogP contribution in [0.4, 0.5) is 4.39 Å². The highest BCUT2D eigenvalue weighted by Gasteiger charge is 2.32. The van der Waals surface area contributed by atoms with Crippen LogP contribution in [0.3, 0.4) is 0 Å². The Labute approximate surface area is 111 Å². The summed E-state index contributed by atoms with van der Waals surface area (Å²) in [7, 11) is -3.60. The number of halogens is 2. The summed E-state index contributed by atoms with van der Waals surface area (Å²) >= 11 is 5.82. The number of aryl methyl sites for hydroxylation is 2. The second kappa shape index (κ2) is 4.79. The van der Waals surface area contributed by atoms with Crippen molar-refractivity contribution >= 4 is 21.6 Å². The van der Waals surface area contributed by atoms with Crippen molar-refractivity contribution in [2.24, 2.45) is 0 Å². The Balaban J connectivity index is 2.30. The molecule has 0 spiro atoms. The average Bonchev–Trinajstić information content (AvgIpc) is 2.11. The molecule has 3 nitrogen and oxygen atoms in total. The third-order valence-corrected chi connectivity index (χ3v) is 5.28. The first-order chi connectivity index (χ1) is 8.29. The third kappa shape index (κ3) is 2.68. The molecule has 100 valence electrons. The Morgan fingerprint density at radius 1 is 1.28 bits per heavy atom. The maximum absolute atomic E-state index is 13.2. The quantitative estimate of drug-likeness (QED) is 0.870. The number of sulfonamides is 1. The Hall–Kier alpha value is -0.650. The fourth-order valence-electron chi connectivity index (χ4n) is 2.24. The van der Waals surface area contributed by atoms with Crippen LogP contribution in [0.25, 0.3) is 0 Å². The molecule has 1 aliphatic carbocycles. The molecular weight excluding hydrogens is 277 g/mol. The molecule has 0 unspecified atom stereocenters. The minimum atomic E-state index is -3.60. The van der Waals surface area contributed by atoms with E-state index < -0.39 is 15.8 Å². The second-order valence-corrected chi connectivity index (χ2v) is 7.02. The van der Waals surface area contributed by atoms with Crippen molar-refractivity contribution in [2.75, 3.05) is 0 Å². The topological polar surface area (TPSA) is 46.2 Å². The van der Waals surface area contributed by atoms with E-state index in [1.54, 1.807) is 13.8 Å². The number of hydrogen-bond donors (Lipinski definition) is 1. The summed E-state index contributed by atoms with van der Waals surface area (Å²) in [5.41, 5.74) is 0.837. The van der Waals surface area contributed by atoms with Gasteiger partial charge >= 0.3 is 0 Å². The second-order valence-electron chi connectivity index (χ2n) is 4.76. The molecule has 0 bridgehead atoms. The van der Waals surface area contributed by atoms with Gasteiger partial charge in [0, 0.05) is 11.4 Å². The smallest absolute Gasteiger partial charge is 0.208 e. The van der Waals surface area contributed by atoms with Crippen LogP contribution >= 0.6 is 11.6 Å². The fraction of sp³-hybridized carbons (Fsp3) is 0.500. The van der Waals surface area contributed by atoms with Crippen molar-refractivity contribution in [1.29, 1.82) is 0 Å². The van der Waals surface area contributed by atoms with E-state index in [1.807, 2.05) is 0 Å². The maximum Gasteiger partial charge on any atom is 0.241 e. The summed E-state index contributed by atoms with van der Waals surface area (Å²) in [5, 5.41) is 0.0492. The Bertz CT molecular complexity index is 544. The lowest BCUT2D eigenvalue weighted by molar-refractivity contribution is 0.391. The normalized spacial score (nSPS) is 23.8. The molecule has 6 heteroatoms. The molecule has 2 rings (SSSR count). The molecule has 1 aromatic carbocycles. The Morgan fingerprint density at radius 3 is 2.22 bits per heavy atom. The third-order valence-electron chi connectivity index (χ3n) is 3.10. The van der Waals surface area contributed by atoms with E-state index in [9.17, 15) is 12.8 Å². The van der Waals surface area contributed by atoms with Crippen molar-refractivity contribution < 1.29 is 12.8 Å². The van der Waals surface area contributed by atoms with Crippen LogP contribution in [0.15, 0.2) is 17.0 Å². The summed E-state index contributed by atoms with van der Waals surface area (Å²) in [4.78, 5) is 0.168. The van der Waals surface area contributed by atoms with E-state index in [0.29, 0.717) is 24.0 Å². The number of benzene rings is 1. The lowest BCUT2D eigenvalue weighted by Crippen LogP contribution is -2.45. The number of alkyl halides is 1. The molecule has 1 fully saturated rings. The van der Waals surface area contributed by atoms with E-state index in [2.05, 4.69) is 4.72 Å². The van der Waals surface area contributed by atoms with Crippen LogP contribution in [0.5, 0.6) is 0 Å². The maximum atomic E-state index is 13.2. The molecular formula is C12H15ClFNO2S. The number of hydrogen-bond acceptors (Lipinski definition) is 2. The van der Waals surface area contributed by atoms with Gasteiger partial charge in [0.25, 0.3) is 0 Å². The molecule has 0 amide bonds. The molecule has 0 aromatic heterocycles. The zero-order chi connectivity index (χ0) is 13.5. The molecule has 0 aliphatic heterocycles. The lowest BCUT2D eigenvalue weighted by Gasteiger charge is -2.31. The summed E-state index contributed by atoms with van der Waals surface area (Å²) in [6, 6.07) is 2.35. The summed E-state index contributed by atoms with van der Waals surface area (Å²) < 4.78 is 40.2. The van der Waals surface area contributed by atoms with Crippen molar-refractivity contribution in [3.05, 3.63) is 29.1 Å². The van der Waals surface area contributed by atoms with Crippen molar-refractivity contribution in [3.63, 3.8) is 0 Å². The van der Waals surface area contributed by atoms with Gasteiger partial charge in [0.2, 0.25) is 10.0 Å². The zero-order valence-electron chi connectivity index (χ0n) is 10.2. The Kier molecular flexibility index (Phi) is 3.67. The van der Waals surface area contributed by atoms with Crippen LogP contribution in [-0.2, 0) is 10.0 Å². The van der Waals surface area contributed by atoms with Gasteiger partial charge in [-0.1, -0.05) is 0 Å². The van der Waals surface area contributed by atoms with Gasteiger partial charge < -0.3 is 0 Å². The van der Waals surface area contributed by atoms with Gasteiger partial charge in [0.15, 0.2) is 0 Å². The molecule has 0 atom stereocenters. The molecule has 1 aliphatic rings. The Morgan fingerprint density at radius 2 is 1.78 bits per heavy atom. The van der Waals surface area contributed by atoms with Crippen LogP contribution < -0.4 is 4.72 Å². The van der Waals surface area contributed by atoms with Gasteiger partial charge in [0.1, 0.15) is 5.82 Å². The summed E-state index contributed by atoms with van der Waals surface area (Å²) in [6.45, 7) is 3.19. The minimum Gasteiger partial charge on any atom is -0.208 e. The van der Waals surface area contributed by atoms with E-state index in [0.717, 1.165) is 0 Å². The van der Waals surface area contributed by atoms with Crippen molar-refractivity contribution in [3.8, 4) is 0 Å². The minimum absolute atomic E-state index is 0.0492. The van der Waals surface area contributed by atoms with Crippen molar-refractivity contribution in [2.45, 2.75) is 43.0 Å². The van der Waals surface area contributed by atoms with Gasteiger partial charge in [-0.05, 0) is 49.9 Å². The zero-order valence-corrected chi connectivity index (χ0v) is 11.8. The number of rotatable bonds is 3. The molecule has 1 N–H and O–H groups in total. The van der Waals surface area contributed by atoms with E-state index in [1.165, 1.54) is 12.1 Å². The standard InChI is InChI=1S/C12H15ClFNO2S/c1-7-3-10(14)4-8(2)12(7)18(16,17)15-11-5-9(13)6-11/h3-4,9,11,15H,5-6H2,1-2H3. The molecule has 18 heavy (non-hydrogen) atoms. The highest BCUT2D eigenvalue weighted by molar-refractivity contribution is 7.89. The first-order valence-electron chi connectivity index (χ1n) is 5.73. The molecule has 0 radical (unpaired) electrons. The van der Waals surface area contributed by atoms with Gasteiger partial charge in [-0.3, -0.25) is 0 Å². The predicted molar refractivity (Wildman–Crippen MR) is 68.9 cm³/mol. The first-order valence-corrected chi connectivity index (χ1v) is 7.64. The van der Waals surface area contributed by atoms with E-state index in [-0.39, 0.29) is 16.3 Å². The monoisotopic (exact) mass is 291 g/mol. The van der Waals surface area contributed by atoms with E-state index in [4.69, 9.17) is 11.6 Å². The molecule has 0 saturated heterocycles. The van der Waals surface area contributed by atoms with Crippen LogP contribution in [0, 0.1) is 19.7 Å².